The number of aryl methyl sites for hydroxylation is 2. The molecule has 0 spiro atoms. The van der Waals surface area contributed by atoms with Crippen LogP contribution in [0.5, 0.6) is 0 Å². The fraction of sp³-hybridized carbons (Fsp3) is 0.143. The molecule has 0 aliphatic carbocycles. The van der Waals surface area contributed by atoms with Gasteiger partial charge in [0.1, 0.15) is 0 Å². The lowest BCUT2D eigenvalue weighted by Crippen LogP contribution is -2.01. The van der Waals surface area contributed by atoms with E-state index in [0.717, 1.165) is 34.4 Å². The van der Waals surface area contributed by atoms with Crippen LogP contribution in [0.4, 0.5) is 5.69 Å². The topological polar surface area (TPSA) is 42.7 Å². The number of hydrogen-bond acceptors (Lipinski definition) is 3. The molecule has 4 heteroatoms. The van der Waals surface area contributed by atoms with Gasteiger partial charge in [0.2, 0.25) is 0 Å². The molecule has 0 radical (unpaired) electrons. The van der Waals surface area contributed by atoms with Crippen LogP contribution in [0.3, 0.4) is 0 Å². The van der Waals surface area contributed by atoms with Crippen molar-refractivity contribution in [3.8, 4) is 11.1 Å². The molecule has 0 fully saturated rings. The number of hydrogen-bond donors (Lipinski definition) is 1. The van der Waals surface area contributed by atoms with Crippen molar-refractivity contribution < 1.29 is 0 Å². The second-order valence-corrected chi connectivity index (χ2v) is 6.28. The largest absolute Gasteiger partial charge is 0.380 e. The number of anilines is 1. The Balaban J connectivity index is 1.60. The quantitative estimate of drug-likeness (QED) is 0.597. The third-order valence-electron chi connectivity index (χ3n) is 4.29. The minimum Gasteiger partial charge on any atom is -0.380 e. The van der Waals surface area contributed by atoms with Crippen molar-refractivity contribution >= 4 is 16.6 Å². The molecule has 0 amide bonds. The zero-order valence-electron chi connectivity index (χ0n) is 14.4. The van der Waals surface area contributed by atoms with Gasteiger partial charge in [0.15, 0.2) is 0 Å². The molecule has 0 unspecified atom stereocenters. The molecule has 1 N–H and O–H groups in total. The molecule has 124 valence electrons. The van der Waals surface area contributed by atoms with Gasteiger partial charge in [0.05, 0.1) is 11.7 Å². The molecule has 2 aromatic carbocycles. The average Bonchev–Trinajstić information content (AvgIpc) is 3.06. The van der Waals surface area contributed by atoms with Crippen molar-refractivity contribution in [1.82, 2.24) is 14.8 Å². The summed E-state index contributed by atoms with van der Waals surface area (Å²) >= 11 is 0. The van der Waals surface area contributed by atoms with Gasteiger partial charge < -0.3 is 5.32 Å². The van der Waals surface area contributed by atoms with Crippen LogP contribution in [0.2, 0.25) is 0 Å². The Morgan fingerprint density at radius 1 is 1.00 bits per heavy atom. The standard InChI is InChI=1S/C21H20N4/c1-15-10-21(19-8-3-4-9-20(19)24-15)22-12-16-6-5-7-17(11-16)18-13-23-25(2)14-18/h3-11,13-14H,12H2,1-2H3,(H,22,24). The van der Waals surface area contributed by atoms with Crippen molar-refractivity contribution in [2.45, 2.75) is 13.5 Å². The minimum absolute atomic E-state index is 0.765. The molecule has 25 heavy (non-hydrogen) atoms. The zero-order chi connectivity index (χ0) is 17.2. The number of nitrogens with one attached hydrogen (secondary N) is 1. The Labute approximate surface area is 147 Å². The molecular weight excluding hydrogens is 308 g/mol. The molecule has 4 aromatic rings. The summed E-state index contributed by atoms with van der Waals surface area (Å²) in [6.45, 7) is 2.79. The molecule has 4 rings (SSSR count). The van der Waals surface area contributed by atoms with Crippen molar-refractivity contribution in [3.63, 3.8) is 0 Å². The van der Waals surface area contributed by atoms with Gasteiger partial charge in [-0.3, -0.25) is 9.67 Å². The molecular formula is C21H20N4. The number of aromatic nitrogens is 3. The summed E-state index contributed by atoms with van der Waals surface area (Å²) in [6, 6.07) is 18.9. The highest BCUT2D eigenvalue weighted by Gasteiger charge is 2.05. The van der Waals surface area contributed by atoms with E-state index in [0.29, 0.717) is 0 Å². The number of nitrogens with zero attached hydrogens (tertiary/aromatic N) is 3. The number of benzene rings is 2. The van der Waals surface area contributed by atoms with E-state index >= 15 is 0 Å². The van der Waals surface area contributed by atoms with E-state index in [-0.39, 0.29) is 0 Å². The first-order chi connectivity index (χ1) is 12.2. The summed E-state index contributed by atoms with van der Waals surface area (Å²) in [6.07, 6.45) is 3.93. The van der Waals surface area contributed by atoms with Crippen LogP contribution < -0.4 is 5.32 Å². The highest BCUT2D eigenvalue weighted by Crippen LogP contribution is 2.24. The number of fused-ring (bicyclic) bond motifs is 1. The zero-order valence-corrected chi connectivity index (χ0v) is 14.4. The molecule has 0 aliphatic heterocycles. The number of rotatable bonds is 4. The van der Waals surface area contributed by atoms with E-state index in [1.165, 1.54) is 11.1 Å². The van der Waals surface area contributed by atoms with Crippen LogP contribution in [0.25, 0.3) is 22.0 Å². The minimum atomic E-state index is 0.765. The summed E-state index contributed by atoms with van der Waals surface area (Å²) in [5.74, 6) is 0. The van der Waals surface area contributed by atoms with E-state index in [9.17, 15) is 0 Å². The number of pyridine rings is 1. The maximum absolute atomic E-state index is 4.60. The van der Waals surface area contributed by atoms with Crippen molar-refractivity contribution in [2.75, 3.05) is 5.32 Å². The SMILES string of the molecule is Cc1cc(NCc2cccc(-c3cnn(C)c3)c2)c2ccccc2n1. The summed E-state index contributed by atoms with van der Waals surface area (Å²) in [5, 5.41) is 8.97. The Hall–Kier alpha value is -3.14. The van der Waals surface area contributed by atoms with E-state index < -0.39 is 0 Å². The van der Waals surface area contributed by atoms with Crippen LogP contribution in [0.15, 0.2) is 67.0 Å². The van der Waals surface area contributed by atoms with Gasteiger partial charge >= 0.3 is 0 Å². The fourth-order valence-corrected chi connectivity index (χ4v) is 3.08. The third kappa shape index (κ3) is 3.24. The van der Waals surface area contributed by atoms with E-state index in [1.54, 1.807) is 0 Å². The first-order valence-corrected chi connectivity index (χ1v) is 8.37. The van der Waals surface area contributed by atoms with Crippen molar-refractivity contribution in [1.29, 1.82) is 0 Å². The van der Waals surface area contributed by atoms with E-state index in [2.05, 4.69) is 57.9 Å². The molecule has 0 atom stereocenters. The van der Waals surface area contributed by atoms with E-state index in [1.807, 2.05) is 43.2 Å². The van der Waals surface area contributed by atoms with Crippen LogP contribution in [0, 0.1) is 6.92 Å². The Bertz CT molecular complexity index is 1030. The number of para-hydroxylation sites is 1. The van der Waals surface area contributed by atoms with Gasteiger partial charge in [0.25, 0.3) is 0 Å². The van der Waals surface area contributed by atoms with Crippen LogP contribution in [-0.2, 0) is 13.6 Å². The molecule has 2 aromatic heterocycles. The average molecular weight is 328 g/mol. The maximum atomic E-state index is 4.60. The monoisotopic (exact) mass is 328 g/mol. The Kier molecular flexibility index (Phi) is 3.94. The van der Waals surface area contributed by atoms with Gasteiger partial charge in [-0.05, 0) is 36.2 Å². The molecule has 0 saturated carbocycles. The molecule has 0 saturated heterocycles. The van der Waals surface area contributed by atoms with Gasteiger partial charge in [-0.2, -0.15) is 5.10 Å². The van der Waals surface area contributed by atoms with Crippen LogP contribution >= 0.6 is 0 Å². The predicted molar refractivity (Wildman–Crippen MR) is 102 cm³/mol. The lowest BCUT2D eigenvalue weighted by atomic mass is 10.1. The first-order valence-electron chi connectivity index (χ1n) is 8.37. The summed E-state index contributed by atoms with van der Waals surface area (Å²) in [5.41, 5.74) is 6.71. The van der Waals surface area contributed by atoms with Crippen molar-refractivity contribution in [2.24, 2.45) is 7.05 Å². The molecule has 2 heterocycles. The highest BCUT2D eigenvalue weighted by molar-refractivity contribution is 5.91. The van der Waals surface area contributed by atoms with Crippen molar-refractivity contribution in [3.05, 3.63) is 78.2 Å². The second kappa shape index (κ2) is 6.40. The smallest absolute Gasteiger partial charge is 0.0725 e. The Morgan fingerprint density at radius 2 is 1.88 bits per heavy atom. The Morgan fingerprint density at radius 3 is 2.72 bits per heavy atom. The third-order valence-corrected chi connectivity index (χ3v) is 4.29. The lowest BCUT2D eigenvalue weighted by molar-refractivity contribution is 0.768. The molecule has 0 bridgehead atoms. The van der Waals surface area contributed by atoms with Crippen LogP contribution in [0.1, 0.15) is 11.3 Å². The summed E-state index contributed by atoms with van der Waals surface area (Å²) in [7, 11) is 1.94. The molecule has 4 nitrogen and oxygen atoms in total. The first kappa shape index (κ1) is 15.4. The summed E-state index contributed by atoms with van der Waals surface area (Å²) in [4.78, 5) is 4.60. The fourth-order valence-electron chi connectivity index (χ4n) is 3.08. The van der Waals surface area contributed by atoms with Gasteiger partial charge in [-0.15, -0.1) is 0 Å². The van der Waals surface area contributed by atoms with Gasteiger partial charge in [0, 0.05) is 42.1 Å². The van der Waals surface area contributed by atoms with E-state index in [4.69, 9.17) is 0 Å². The predicted octanol–water partition coefficient (Wildman–Crippen LogP) is 4.56. The normalized spacial score (nSPS) is 11.0. The van der Waals surface area contributed by atoms with Gasteiger partial charge in [-0.1, -0.05) is 36.4 Å². The van der Waals surface area contributed by atoms with Crippen LogP contribution in [-0.4, -0.2) is 14.8 Å². The molecule has 0 aliphatic rings. The second-order valence-electron chi connectivity index (χ2n) is 6.28. The lowest BCUT2D eigenvalue weighted by Gasteiger charge is -2.11. The highest BCUT2D eigenvalue weighted by atomic mass is 15.2. The maximum Gasteiger partial charge on any atom is 0.0725 e. The van der Waals surface area contributed by atoms with Gasteiger partial charge in [-0.25, -0.2) is 0 Å². The summed E-state index contributed by atoms with van der Waals surface area (Å²) < 4.78 is 1.83.